The number of rotatable bonds is 0. The van der Waals surface area contributed by atoms with Gasteiger partial charge in [-0.25, -0.2) is 0 Å². The zero-order valence-corrected chi connectivity index (χ0v) is 7.56. The van der Waals surface area contributed by atoms with Gasteiger partial charge in [0.2, 0.25) is 0 Å². The standard InChI is InChI=1S/C7H5ClS2/c8-7-4-3-6(10-7)2-1-5-9/h3-4,9H,5H2. The van der Waals surface area contributed by atoms with E-state index in [1.165, 1.54) is 11.3 Å². The number of hydrogen-bond donors (Lipinski definition) is 1. The Hall–Kier alpha value is -0.100. The Balaban J connectivity index is 2.76. The van der Waals surface area contributed by atoms with Crippen molar-refractivity contribution in [3.63, 3.8) is 0 Å². The van der Waals surface area contributed by atoms with E-state index in [-0.39, 0.29) is 0 Å². The Kier molecular flexibility index (Phi) is 3.14. The van der Waals surface area contributed by atoms with Crippen molar-refractivity contribution in [1.82, 2.24) is 0 Å². The third kappa shape index (κ3) is 2.26. The van der Waals surface area contributed by atoms with Crippen LogP contribution in [0.3, 0.4) is 0 Å². The van der Waals surface area contributed by atoms with E-state index in [2.05, 4.69) is 24.5 Å². The van der Waals surface area contributed by atoms with Crippen LogP contribution in [0.2, 0.25) is 4.34 Å². The lowest BCUT2D eigenvalue weighted by Gasteiger charge is -1.73. The molecule has 0 aliphatic rings. The van der Waals surface area contributed by atoms with Gasteiger partial charge in [0, 0.05) is 0 Å². The van der Waals surface area contributed by atoms with E-state index in [0.717, 1.165) is 9.21 Å². The largest absolute Gasteiger partial charge is 0.166 e. The maximum absolute atomic E-state index is 5.67. The lowest BCUT2D eigenvalue weighted by Crippen LogP contribution is -1.61. The van der Waals surface area contributed by atoms with Gasteiger partial charge in [0.05, 0.1) is 15.0 Å². The molecule has 1 rings (SSSR count). The van der Waals surface area contributed by atoms with Gasteiger partial charge in [0.15, 0.2) is 0 Å². The first-order chi connectivity index (χ1) is 4.83. The molecule has 0 unspecified atom stereocenters. The van der Waals surface area contributed by atoms with Crippen molar-refractivity contribution < 1.29 is 0 Å². The van der Waals surface area contributed by atoms with Gasteiger partial charge in [-0.1, -0.05) is 23.4 Å². The van der Waals surface area contributed by atoms with Gasteiger partial charge in [-0.15, -0.1) is 11.3 Å². The fraction of sp³-hybridized carbons (Fsp3) is 0.143. The molecular weight excluding hydrogens is 184 g/mol. The van der Waals surface area contributed by atoms with Gasteiger partial charge in [-0.3, -0.25) is 0 Å². The third-order valence-electron chi connectivity index (χ3n) is 0.864. The number of thiophene rings is 1. The van der Waals surface area contributed by atoms with Gasteiger partial charge in [0.1, 0.15) is 0 Å². The summed E-state index contributed by atoms with van der Waals surface area (Å²) >= 11 is 11.1. The van der Waals surface area contributed by atoms with Gasteiger partial charge in [-0.2, -0.15) is 12.6 Å². The highest BCUT2D eigenvalue weighted by Gasteiger charge is 1.90. The molecule has 0 aliphatic carbocycles. The van der Waals surface area contributed by atoms with Gasteiger partial charge in [-0.05, 0) is 12.1 Å². The van der Waals surface area contributed by atoms with Crippen molar-refractivity contribution in [2.45, 2.75) is 0 Å². The van der Waals surface area contributed by atoms with Gasteiger partial charge < -0.3 is 0 Å². The van der Waals surface area contributed by atoms with Crippen molar-refractivity contribution in [3.05, 3.63) is 21.3 Å². The molecule has 0 amide bonds. The highest BCUT2D eigenvalue weighted by Crippen LogP contribution is 2.19. The molecule has 0 nitrogen and oxygen atoms in total. The highest BCUT2D eigenvalue weighted by atomic mass is 35.5. The first kappa shape index (κ1) is 8.00. The van der Waals surface area contributed by atoms with Crippen molar-refractivity contribution in [2.75, 3.05) is 5.75 Å². The number of thiol groups is 1. The molecule has 0 aromatic carbocycles. The van der Waals surface area contributed by atoms with E-state index in [1.807, 2.05) is 12.1 Å². The van der Waals surface area contributed by atoms with Crippen molar-refractivity contribution in [3.8, 4) is 11.8 Å². The molecule has 0 aliphatic heterocycles. The monoisotopic (exact) mass is 188 g/mol. The molecule has 52 valence electrons. The summed E-state index contributed by atoms with van der Waals surface area (Å²) in [6.45, 7) is 0. The molecule has 0 bridgehead atoms. The van der Waals surface area contributed by atoms with E-state index in [0.29, 0.717) is 5.75 Å². The van der Waals surface area contributed by atoms with Gasteiger partial charge in [0.25, 0.3) is 0 Å². The summed E-state index contributed by atoms with van der Waals surface area (Å²) in [5.74, 6) is 6.36. The van der Waals surface area contributed by atoms with Crippen molar-refractivity contribution in [2.24, 2.45) is 0 Å². The zero-order valence-electron chi connectivity index (χ0n) is 5.10. The summed E-state index contributed by atoms with van der Waals surface area (Å²) in [6, 6.07) is 3.75. The van der Waals surface area contributed by atoms with Crippen LogP contribution in [0.4, 0.5) is 0 Å². The Morgan fingerprint density at radius 1 is 1.60 bits per heavy atom. The van der Waals surface area contributed by atoms with E-state index in [4.69, 9.17) is 11.6 Å². The molecule has 10 heavy (non-hydrogen) atoms. The quantitative estimate of drug-likeness (QED) is 0.470. The summed E-state index contributed by atoms with van der Waals surface area (Å²) in [5.41, 5.74) is 0. The van der Waals surface area contributed by atoms with Crippen LogP contribution in [0.25, 0.3) is 0 Å². The first-order valence-electron chi connectivity index (χ1n) is 2.68. The normalized spacial score (nSPS) is 8.60. The molecule has 0 radical (unpaired) electrons. The van der Waals surface area contributed by atoms with Crippen LogP contribution < -0.4 is 0 Å². The molecule has 0 spiro atoms. The predicted molar refractivity (Wildman–Crippen MR) is 50.1 cm³/mol. The molecule has 0 saturated heterocycles. The fourth-order valence-electron chi connectivity index (χ4n) is 0.508. The minimum Gasteiger partial charge on any atom is -0.166 e. The van der Waals surface area contributed by atoms with Crippen LogP contribution >= 0.6 is 35.6 Å². The Bertz CT molecular complexity index is 267. The Labute approximate surface area is 74.6 Å². The topological polar surface area (TPSA) is 0 Å². The Morgan fingerprint density at radius 3 is 2.90 bits per heavy atom. The average molecular weight is 189 g/mol. The Morgan fingerprint density at radius 2 is 2.40 bits per heavy atom. The van der Waals surface area contributed by atoms with Crippen LogP contribution in [0.1, 0.15) is 4.88 Å². The van der Waals surface area contributed by atoms with E-state index >= 15 is 0 Å². The minimum absolute atomic E-state index is 0.593. The van der Waals surface area contributed by atoms with Crippen LogP contribution in [0.5, 0.6) is 0 Å². The second kappa shape index (κ2) is 3.92. The minimum atomic E-state index is 0.593. The van der Waals surface area contributed by atoms with E-state index in [9.17, 15) is 0 Å². The van der Waals surface area contributed by atoms with Crippen LogP contribution in [-0.4, -0.2) is 5.75 Å². The predicted octanol–water partition coefficient (Wildman–Crippen LogP) is 2.68. The third-order valence-corrected chi connectivity index (χ3v) is 2.17. The SMILES string of the molecule is SCC#Cc1ccc(Cl)s1. The molecule has 0 fully saturated rings. The maximum atomic E-state index is 5.67. The zero-order chi connectivity index (χ0) is 7.40. The second-order valence-corrected chi connectivity index (χ2v) is 3.59. The summed E-state index contributed by atoms with van der Waals surface area (Å²) in [5, 5.41) is 0. The molecule has 1 aromatic rings. The van der Waals surface area contributed by atoms with Crippen molar-refractivity contribution in [1.29, 1.82) is 0 Å². The lowest BCUT2D eigenvalue weighted by atomic mass is 10.5. The second-order valence-electron chi connectivity index (χ2n) is 1.56. The maximum Gasteiger partial charge on any atom is 0.0941 e. The number of hydrogen-bond acceptors (Lipinski definition) is 2. The van der Waals surface area contributed by atoms with Crippen LogP contribution in [-0.2, 0) is 0 Å². The molecule has 1 aromatic heterocycles. The number of halogens is 1. The molecule has 0 saturated carbocycles. The van der Waals surface area contributed by atoms with E-state index in [1.54, 1.807) is 0 Å². The molecule has 1 heterocycles. The lowest BCUT2D eigenvalue weighted by molar-refractivity contribution is 1.89. The van der Waals surface area contributed by atoms with Crippen molar-refractivity contribution >= 4 is 35.6 Å². The van der Waals surface area contributed by atoms with Crippen LogP contribution in [0, 0.1) is 11.8 Å². The highest BCUT2D eigenvalue weighted by molar-refractivity contribution is 7.80. The molecule has 0 atom stereocenters. The first-order valence-corrected chi connectivity index (χ1v) is 4.50. The summed E-state index contributed by atoms with van der Waals surface area (Å²) in [6.07, 6.45) is 0. The average Bonchev–Trinajstić information content (AvgIpc) is 2.31. The molecule has 0 N–H and O–H groups in total. The fourth-order valence-corrected chi connectivity index (χ4v) is 1.50. The summed E-state index contributed by atoms with van der Waals surface area (Å²) in [7, 11) is 0. The van der Waals surface area contributed by atoms with Crippen LogP contribution in [0.15, 0.2) is 12.1 Å². The molecule has 3 heteroatoms. The van der Waals surface area contributed by atoms with E-state index < -0.39 is 0 Å². The van der Waals surface area contributed by atoms with Gasteiger partial charge >= 0.3 is 0 Å². The smallest absolute Gasteiger partial charge is 0.0941 e. The molecular formula is C7H5ClS2. The summed E-state index contributed by atoms with van der Waals surface area (Å²) in [4.78, 5) is 0.999. The summed E-state index contributed by atoms with van der Waals surface area (Å²) < 4.78 is 0.781.